The second-order valence-electron chi connectivity index (χ2n) is 2.65. The Morgan fingerprint density at radius 3 is 2.64 bits per heavy atom. The van der Waals surface area contributed by atoms with Gasteiger partial charge in [0.2, 0.25) is 0 Å². The van der Waals surface area contributed by atoms with E-state index in [4.69, 9.17) is 16.3 Å². The van der Waals surface area contributed by atoms with Gasteiger partial charge >= 0.3 is 5.97 Å². The Morgan fingerprint density at radius 2 is 2.14 bits per heavy atom. The van der Waals surface area contributed by atoms with E-state index in [9.17, 15) is 4.79 Å². The number of hydrogen-bond acceptors (Lipinski definition) is 3. The van der Waals surface area contributed by atoms with Crippen molar-refractivity contribution in [3.05, 3.63) is 29.3 Å². The van der Waals surface area contributed by atoms with Crippen molar-refractivity contribution < 1.29 is 14.3 Å². The molecular weight excluding hydrogens is 204 g/mol. The van der Waals surface area contributed by atoms with E-state index in [0.717, 1.165) is 5.56 Å². The minimum atomic E-state index is -0.385. The van der Waals surface area contributed by atoms with Gasteiger partial charge < -0.3 is 9.47 Å². The molecule has 4 heteroatoms. The van der Waals surface area contributed by atoms with E-state index in [1.54, 1.807) is 18.2 Å². The van der Waals surface area contributed by atoms with Crippen LogP contribution in [0.15, 0.2) is 18.2 Å². The van der Waals surface area contributed by atoms with Crippen LogP contribution in [-0.4, -0.2) is 20.2 Å². The second kappa shape index (κ2) is 4.86. The number of alkyl halides is 1. The highest BCUT2D eigenvalue weighted by Gasteiger charge is 2.09. The van der Waals surface area contributed by atoms with Crippen molar-refractivity contribution in [2.24, 2.45) is 0 Å². The number of carbonyl (C=O) groups excluding carboxylic acids is 1. The molecule has 0 radical (unpaired) electrons. The Labute approximate surface area is 87.6 Å². The molecule has 0 amide bonds. The van der Waals surface area contributed by atoms with Crippen LogP contribution in [0.3, 0.4) is 0 Å². The van der Waals surface area contributed by atoms with Crippen molar-refractivity contribution in [3.63, 3.8) is 0 Å². The summed E-state index contributed by atoms with van der Waals surface area (Å²) in [5.74, 6) is 0.567. The molecule has 0 fully saturated rings. The summed E-state index contributed by atoms with van der Waals surface area (Å²) in [4.78, 5) is 11.2. The molecule has 0 N–H and O–H groups in total. The third-order valence-corrected chi connectivity index (χ3v) is 2.14. The van der Waals surface area contributed by atoms with Crippen LogP contribution in [-0.2, 0) is 10.6 Å². The first-order chi connectivity index (χ1) is 6.72. The van der Waals surface area contributed by atoms with Crippen molar-refractivity contribution in [2.75, 3.05) is 14.2 Å². The molecule has 1 rings (SSSR count). The van der Waals surface area contributed by atoms with Crippen LogP contribution in [0.25, 0.3) is 0 Å². The van der Waals surface area contributed by atoms with Crippen LogP contribution in [0.5, 0.6) is 5.75 Å². The Bertz CT molecular complexity index is 336. The molecule has 0 aromatic heterocycles. The van der Waals surface area contributed by atoms with Gasteiger partial charge in [-0.1, -0.05) is 6.07 Å². The summed E-state index contributed by atoms with van der Waals surface area (Å²) in [5, 5.41) is 0. The zero-order valence-electron chi connectivity index (χ0n) is 8.04. The first kappa shape index (κ1) is 10.9. The van der Waals surface area contributed by atoms with Gasteiger partial charge in [-0.3, -0.25) is 0 Å². The van der Waals surface area contributed by atoms with Gasteiger partial charge in [-0.25, -0.2) is 4.79 Å². The number of esters is 1. The molecule has 1 aromatic rings. The van der Waals surface area contributed by atoms with Gasteiger partial charge in [-0.2, -0.15) is 0 Å². The van der Waals surface area contributed by atoms with Crippen molar-refractivity contribution in [1.29, 1.82) is 0 Å². The van der Waals surface area contributed by atoms with Crippen LogP contribution >= 0.6 is 11.6 Å². The normalized spacial score (nSPS) is 9.64. The Hall–Kier alpha value is -1.22. The molecule has 0 spiro atoms. The van der Waals surface area contributed by atoms with Gasteiger partial charge in [0.05, 0.1) is 25.7 Å². The summed E-state index contributed by atoms with van der Waals surface area (Å²) < 4.78 is 9.66. The number of methoxy groups -OCH3 is 2. The lowest BCUT2D eigenvalue weighted by molar-refractivity contribution is 0.0600. The second-order valence-corrected chi connectivity index (χ2v) is 2.92. The van der Waals surface area contributed by atoms with Gasteiger partial charge in [0.25, 0.3) is 0 Å². The lowest BCUT2D eigenvalue weighted by atomic mass is 10.1. The largest absolute Gasteiger partial charge is 0.496 e. The summed E-state index contributed by atoms with van der Waals surface area (Å²) in [7, 11) is 2.87. The highest BCUT2D eigenvalue weighted by molar-refractivity contribution is 6.17. The fourth-order valence-corrected chi connectivity index (χ4v) is 1.32. The Kier molecular flexibility index (Phi) is 3.77. The van der Waals surface area contributed by atoms with Gasteiger partial charge in [-0.05, 0) is 12.1 Å². The molecule has 3 nitrogen and oxygen atoms in total. The molecule has 0 aliphatic heterocycles. The van der Waals surface area contributed by atoms with Gasteiger partial charge in [-0.15, -0.1) is 11.6 Å². The summed E-state index contributed by atoms with van der Waals surface area (Å²) in [6.45, 7) is 0. The number of carbonyl (C=O) groups is 1. The fraction of sp³-hybridized carbons (Fsp3) is 0.300. The lowest BCUT2D eigenvalue weighted by Gasteiger charge is -2.07. The van der Waals surface area contributed by atoms with Crippen LogP contribution in [0, 0.1) is 0 Å². The lowest BCUT2D eigenvalue weighted by Crippen LogP contribution is -2.02. The molecule has 0 heterocycles. The highest BCUT2D eigenvalue weighted by atomic mass is 35.5. The van der Waals surface area contributed by atoms with E-state index >= 15 is 0 Å². The minimum absolute atomic E-state index is 0.352. The topological polar surface area (TPSA) is 35.5 Å². The number of halogens is 1. The zero-order valence-corrected chi connectivity index (χ0v) is 8.80. The molecule has 0 atom stereocenters. The average Bonchev–Trinajstić information content (AvgIpc) is 2.26. The molecule has 0 unspecified atom stereocenters. The SMILES string of the molecule is COC(=O)c1ccc(CCl)c(OC)c1. The first-order valence-electron chi connectivity index (χ1n) is 4.04. The summed E-state index contributed by atoms with van der Waals surface area (Å²) in [6.07, 6.45) is 0. The number of benzene rings is 1. The third kappa shape index (κ3) is 2.17. The molecule has 1 aromatic carbocycles. The molecule has 76 valence electrons. The quantitative estimate of drug-likeness (QED) is 0.572. The van der Waals surface area contributed by atoms with Crippen molar-refractivity contribution in [3.8, 4) is 5.75 Å². The minimum Gasteiger partial charge on any atom is -0.496 e. The Morgan fingerprint density at radius 1 is 1.43 bits per heavy atom. The zero-order chi connectivity index (χ0) is 10.6. The van der Waals surface area contributed by atoms with Crippen LogP contribution in [0.2, 0.25) is 0 Å². The predicted molar refractivity (Wildman–Crippen MR) is 53.9 cm³/mol. The molecule has 0 saturated heterocycles. The van der Waals surface area contributed by atoms with Crippen LogP contribution in [0.4, 0.5) is 0 Å². The van der Waals surface area contributed by atoms with Crippen molar-refractivity contribution >= 4 is 17.6 Å². The van der Waals surface area contributed by atoms with Crippen LogP contribution < -0.4 is 4.74 Å². The van der Waals surface area contributed by atoms with E-state index in [0.29, 0.717) is 17.2 Å². The molecule has 0 saturated carbocycles. The van der Waals surface area contributed by atoms with Crippen molar-refractivity contribution in [1.82, 2.24) is 0 Å². The van der Waals surface area contributed by atoms with Gasteiger partial charge in [0.15, 0.2) is 0 Å². The average molecular weight is 215 g/mol. The van der Waals surface area contributed by atoms with Crippen molar-refractivity contribution in [2.45, 2.75) is 5.88 Å². The van der Waals surface area contributed by atoms with E-state index in [1.165, 1.54) is 14.2 Å². The van der Waals surface area contributed by atoms with Crippen LogP contribution in [0.1, 0.15) is 15.9 Å². The standard InChI is InChI=1S/C10H11ClO3/c1-13-9-5-7(10(12)14-2)3-4-8(9)6-11/h3-5H,6H2,1-2H3. The first-order valence-corrected chi connectivity index (χ1v) is 4.57. The highest BCUT2D eigenvalue weighted by Crippen LogP contribution is 2.22. The molecule has 0 aliphatic rings. The predicted octanol–water partition coefficient (Wildman–Crippen LogP) is 2.22. The van der Waals surface area contributed by atoms with E-state index < -0.39 is 0 Å². The molecule has 0 aliphatic carbocycles. The summed E-state index contributed by atoms with van der Waals surface area (Å²) >= 11 is 5.68. The number of ether oxygens (including phenoxy) is 2. The van der Waals surface area contributed by atoms with E-state index in [2.05, 4.69) is 4.74 Å². The maximum atomic E-state index is 11.2. The smallest absolute Gasteiger partial charge is 0.337 e. The monoisotopic (exact) mass is 214 g/mol. The van der Waals surface area contributed by atoms with Gasteiger partial charge in [0.1, 0.15) is 5.75 Å². The Balaban J connectivity index is 3.07. The number of hydrogen-bond donors (Lipinski definition) is 0. The van der Waals surface area contributed by atoms with E-state index in [-0.39, 0.29) is 5.97 Å². The third-order valence-electron chi connectivity index (χ3n) is 1.85. The number of rotatable bonds is 3. The van der Waals surface area contributed by atoms with Gasteiger partial charge in [0, 0.05) is 5.56 Å². The fourth-order valence-electron chi connectivity index (χ4n) is 1.10. The maximum absolute atomic E-state index is 11.2. The van der Waals surface area contributed by atoms with E-state index in [1.807, 2.05) is 0 Å². The molecule has 14 heavy (non-hydrogen) atoms. The molecule has 0 bridgehead atoms. The summed E-state index contributed by atoms with van der Waals surface area (Å²) in [5.41, 5.74) is 1.31. The maximum Gasteiger partial charge on any atom is 0.337 e. The summed E-state index contributed by atoms with van der Waals surface area (Å²) in [6, 6.07) is 5.02. The molecular formula is C10H11ClO3.